The van der Waals surface area contributed by atoms with Gasteiger partial charge < -0.3 is 14.6 Å². The normalized spacial score (nSPS) is 10.3. The van der Waals surface area contributed by atoms with Gasteiger partial charge in [0.15, 0.2) is 0 Å². The molecule has 2 aromatic rings. The number of thiophene rings is 1. The number of hydrogen-bond donors (Lipinski definition) is 1. The van der Waals surface area contributed by atoms with Crippen molar-refractivity contribution in [3.8, 4) is 0 Å². The van der Waals surface area contributed by atoms with E-state index in [-0.39, 0.29) is 5.76 Å². The van der Waals surface area contributed by atoms with Crippen LogP contribution in [0.2, 0.25) is 0 Å². The van der Waals surface area contributed by atoms with Gasteiger partial charge >= 0.3 is 5.97 Å². The van der Waals surface area contributed by atoms with Gasteiger partial charge in [0.1, 0.15) is 5.00 Å². The molecule has 0 aromatic carbocycles. The number of methoxy groups -OCH3 is 1. The Labute approximate surface area is 113 Å². The van der Waals surface area contributed by atoms with Gasteiger partial charge in [-0.2, -0.15) is 0 Å². The van der Waals surface area contributed by atoms with Crippen LogP contribution in [0.25, 0.3) is 0 Å². The third-order valence-corrected chi connectivity index (χ3v) is 3.79. The van der Waals surface area contributed by atoms with Crippen LogP contribution in [0, 0.1) is 13.8 Å². The van der Waals surface area contributed by atoms with Crippen LogP contribution in [0.5, 0.6) is 0 Å². The lowest BCUT2D eigenvalue weighted by Gasteiger charge is -2.04. The third kappa shape index (κ3) is 2.50. The number of nitrogens with zero attached hydrogens (tertiary/aromatic N) is 1. The van der Waals surface area contributed by atoms with Crippen molar-refractivity contribution in [2.45, 2.75) is 13.8 Å². The number of rotatable bonds is 3. The summed E-state index contributed by atoms with van der Waals surface area (Å²) < 4.78 is 9.48. The van der Waals surface area contributed by atoms with E-state index in [0.29, 0.717) is 10.6 Å². The van der Waals surface area contributed by atoms with Crippen LogP contribution < -0.4 is 5.32 Å². The van der Waals surface area contributed by atoms with Crippen LogP contribution in [0.15, 0.2) is 16.8 Å². The summed E-state index contributed by atoms with van der Waals surface area (Å²) in [6, 6.07) is 1.44. The van der Waals surface area contributed by atoms with Crippen LogP contribution in [-0.2, 0) is 4.74 Å². The Balaban J connectivity index is 2.33. The van der Waals surface area contributed by atoms with E-state index in [9.17, 15) is 9.59 Å². The summed E-state index contributed by atoms with van der Waals surface area (Å²) >= 11 is 1.32. The summed E-state index contributed by atoms with van der Waals surface area (Å²) in [5.74, 6) is -0.849. The van der Waals surface area contributed by atoms with E-state index in [1.807, 2.05) is 13.8 Å². The first-order valence-electron chi connectivity index (χ1n) is 5.45. The number of esters is 1. The van der Waals surface area contributed by atoms with E-state index in [1.54, 1.807) is 0 Å². The van der Waals surface area contributed by atoms with E-state index in [0.717, 1.165) is 10.4 Å². The first-order chi connectivity index (χ1) is 9.04. The number of carbonyl (C=O) groups is 2. The van der Waals surface area contributed by atoms with E-state index >= 15 is 0 Å². The number of amides is 1. The van der Waals surface area contributed by atoms with Crippen LogP contribution in [-0.4, -0.2) is 24.1 Å². The maximum absolute atomic E-state index is 11.9. The van der Waals surface area contributed by atoms with Gasteiger partial charge in [-0.15, -0.1) is 11.3 Å². The molecule has 0 saturated heterocycles. The van der Waals surface area contributed by atoms with Gasteiger partial charge in [0, 0.05) is 10.9 Å². The molecular weight excluding hydrogens is 268 g/mol. The first kappa shape index (κ1) is 13.3. The van der Waals surface area contributed by atoms with Crippen LogP contribution in [0.4, 0.5) is 5.00 Å². The van der Waals surface area contributed by atoms with Gasteiger partial charge in [-0.05, 0) is 19.4 Å². The van der Waals surface area contributed by atoms with E-state index in [2.05, 4.69) is 10.5 Å². The molecule has 0 spiro atoms. The molecular formula is C12H12N2O4S. The summed E-state index contributed by atoms with van der Waals surface area (Å²) in [6.45, 7) is 3.68. The molecule has 0 bridgehead atoms. The molecule has 1 N–H and O–H groups in total. The Morgan fingerprint density at radius 1 is 1.42 bits per heavy atom. The van der Waals surface area contributed by atoms with E-state index < -0.39 is 11.9 Å². The molecule has 0 saturated carbocycles. The number of ether oxygens (including phenoxy) is 1. The zero-order chi connectivity index (χ0) is 14.0. The third-order valence-electron chi connectivity index (χ3n) is 2.66. The van der Waals surface area contributed by atoms with Crippen molar-refractivity contribution < 1.29 is 18.8 Å². The highest BCUT2D eigenvalue weighted by molar-refractivity contribution is 7.16. The number of aromatic nitrogens is 1. The fourth-order valence-corrected chi connectivity index (χ4v) is 2.60. The average Bonchev–Trinajstić information content (AvgIpc) is 2.99. The van der Waals surface area contributed by atoms with Crippen molar-refractivity contribution in [2.24, 2.45) is 0 Å². The van der Waals surface area contributed by atoms with Gasteiger partial charge in [0.2, 0.25) is 5.76 Å². The molecule has 0 radical (unpaired) electrons. The van der Waals surface area contributed by atoms with Gasteiger partial charge in [-0.3, -0.25) is 4.79 Å². The summed E-state index contributed by atoms with van der Waals surface area (Å²) in [6.07, 6.45) is 1.38. The van der Waals surface area contributed by atoms with Crippen LogP contribution >= 0.6 is 11.3 Å². The average molecular weight is 280 g/mol. The Morgan fingerprint density at radius 3 is 2.74 bits per heavy atom. The van der Waals surface area contributed by atoms with Crippen molar-refractivity contribution in [3.63, 3.8) is 0 Å². The standard InChI is InChI=1S/C12H12N2O4S/c1-6-7(2)19-11(9(6)12(16)17-3)14-10(15)8-4-5-13-18-8/h4-5H,1-3H3,(H,14,15). The van der Waals surface area contributed by atoms with Crippen molar-refractivity contribution in [2.75, 3.05) is 12.4 Å². The van der Waals surface area contributed by atoms with Crippen LogP contribution in [0.1, 0.15) is 31.4 Å². The maximum Gasteiger partial charge on any atom is 0.341 e. The number of aryl methyl sites for hydroxylation is 1. The smallest absolute Gasteiger partial charge is 0.341 e. The van der Waals surface area contributed by atoms with Crippen molar-refractivity contribution >= 4 is 28.2 Å². The lowest BCUT2D eigenvalue weighted by atomic mass is 10.1. The minimum absolute atomic E-state index is 0.0829. The fourth-order valence-electron chi connectivity index (χ4n) is 1.56. The second kappa shape index (κ2) is 5.23. The molecule has 100 valence electrons. The Bertz CT molecular complexity index is 616. The monoisotopic (exact) mass is 280 g/mol. The summed E-state index contributed by atoms with van der Waals surface area (Å²) in [7, 11) is 1.30. The zero-order valence-corrected chi connectivity index (χ0v) is 11.5. The molecule has 1 amide bonds. The van der Waals surface area contributed by atoms with Gasteiger partial charge in [-0.1, -0.05) is 5.16 Å². The van der Waals surface area contributed by atoms with Crippen molar-refractivity contribution in [1.29, 1.82) is 0 Å². The molecule has 2 aromatic heterocycles. The zero-order valence-electron chi connectivity index (χ0n) is 10.6. The number of nitrogens with one attached hydrogen (secondary N) is 1. The Morgan fingerprint density at radius 2 is 2.16 bits per heavy atom. The molecule has 0 unspecified atom stereocenters. The molecule has 0 fully saturated rings. The fraction of sp³-hybridized carbons (Fsp3) is 0.250. The second-order valence-electron chi connectivity index (χ2n) is 3.81. The molecule has 19 heavy (non-hydrogen) atoms. The Hall–Kier alpha value is -2.15. The quantitative estimate of drug-likeness (QED) is 0.873. The molecule has 7 heteroatoms. The molecule has 2 heterocycles. The second-order valence-corrected chi connectivity index (χ2v) is 5.03. The topological polar surface area (TPSA) is 81.4 Å². The summed E-state index contributed by atoms with van der Waals surface area (Å²) in [5.41, 5.74) is 1.17. The summed E-state index contributed by atoms with van der Waals surface area (Å²) in [5, 5.41) is 6.54. The van der Waals surface area contributed by atoms with E-state index in [1.165, 1.54) is 30.7 Å². The molecule has 2 rings (SSSR count). The highest BCUT2D eigenvalue weighted by atomic mass is 32.1. The predicted octanol–water partition coefficient (Wildman–Crippen LogP) is 2.39. The lowest BCUT2D eigenvalue weighted by Crippen LogP contribution is -2.13. The number of hydrogen-bond acceptors (Lipinski definition) is 6. The van der Waals surface area contributed by atoms with Crippen LogP contribution in [0.3, 0.4) is 0 Å². The SMILES string of the molecule is COC(=O)c1c(NC(=O)c2ccno2)sc(C)c1C. The molecule has 0 aliphatic carbocycles. The first-order valence-corrected chi connectivity index (χ1v) is 6.26. The minimum atomic E-state index is -0.477. The highest BCUT2D eigenvalue weighted by Crippen LogP contribution is 2.33. The number of carbonyl (C=O) groups excluding carboxylic acids is 2. The van der Waals surface area contributed by atoms with Crippen molar-refractivity contribution in [1.82, 2.24) is 5.16 Å². The highest BCUT2D eigenvalue weighted by Gasteiger charge is 2.22. The van der Waals surface area contributed by atoms with Gasteiger partial charge in [-0.25, -0.2) is 4.79 Å². The number of anilines is 1. The minimum Gasteiger partial charge on any atom is -0.465 e. The van der Waals surface area contributed by atoms with Gasteiger partial charge in [0.25, 0.3) is 5.91 Å². The summed E-state index contributed by atoms with van der Waals surface area (Å²) in [4.78, 5) is 24.5. The van der Waals surface area contributed by atoms with Gasteiger partial charge in [0.05, 0.1) is 18.9 Å². The maximum atomic E-state index is 11.9. The molecule has 0 aliphatic rings. The Kier molecular flexibility index (Phi) is 3.66. The molecule has 6 nitrogen and oxygen atoms in total. The molecule has 0 aliphatic heterocycles. The molecule has 0 atom stereocenters. The predicted molar refractivity (Wildman–Crippen MR) is 69.6 cm³/mol. The lowest BCUT2D eigenvalue weighted by molar-refractivity contribution is 0.0601. The van der Waals surface area contributed by atoms with E-state index in [4.69, 9.17) is 9.26 Å². The largest absolute Gasteiger partial charge is 0.465 e. The van der Waals surface area contributed by atoms with Crippen molar-refractivity contribution in [3.05, 3.63) is 34.0 Å².